The first-order valence-electron chi connectivity index (χ1n) is 8.04. The molecule has 5 heteroatoms. The van der Waals surface area contributed by atoms with E-state index in [1.165, 1.54) is 43.0 Å². The molecule has 1 saturated heterocycles. The van der Waals surface area contributed by atoms with Crippen molar-refractivity contribution in [1.29, 1.82) is 0 Å². The minimum atomic E-state index is 0.834. The molecule has 1 fully saturated rings. The fourth-order valence-corrected chi connectivity index (χ4v) is 4.11. The number of hydrogen-bond acceptors (Lipinski definition) is 4. The van der Waals surface area contributed by atoms with Gasteiger partial charge in [-0.15, -0.1) is 11.3 Å². The third kappa shape index (κ3) is 3.30. The van der Waals surface area contributed by atoms with Gasteiger partial charge in [0.1, 0.15) is 0 Å². The van der Waals surface area contributed by atoms with Gasteiger partial charge in [0.15, 0.2) is 4.96 Å². The highest BCUT2D eigenvalue weighted by molar-refractivity contribution is 7.17. The van der Waals surface area contributed by atoms with Gasteiger partial charge >= 0.3 is 0 Å². The molecule has 21 heavy (non-hydrogen) atoms. The second-order valence-electron chi connectivity index (χ2n) is 6.15. The van der Waals surface area contributed by atoms with Gasteiger partial charge in [-0.1, -0.05) is 6.92 Å². The van der Waals surface area contributed by atoms with Gasteiger partial charge in [0.05, 0.1) is 11.4 Å². The summed E-state index contributed by atoms with van der Waals surface area (Å²) in [4.78, 5) is 9.65. The molecule has 1 aliphatic heterocycles. The van der Waals surface area contributed by atoms with Crippen LogP contribution in [0.4, 0.5) is 0 Å². The SMILES string of the molecule is CCN1CCC(CNCc2c(C)nc3sc(C)cn23)CC1. The highest BCUT2D eigenvalue weighted by Gasteiger charge is 2.18. The zero-order chi connectivity index (χ0) is 14.8. The van der Waals surface area contributed by atoms with E-state index in [0.29, 0.717) is 0 Å². The molecule has 0 atom stereocenters. The quantitative estimate of drug-likeness (QED) is 0.922. The average Bonchev–Trinajstić information content (AvgIpc) is 2.96. The van der Waals surface area contributed by atoms with Crippen molar-refractivity contribution in [2.45, 2.75) is 40.2 Å². The standard InChI is InChI=1S/C16H26N4S/c1-4-19-7-5-14(6-8-19)9-17-10-15-13(3)18-16-20(15)11-12(2)21-16/h11,14,17H,4-10H2,1-3H3. The predicted molar refractivity (Wildman–Crippen MR) is 89.1 cm³/mol. The lowest BCUT2D eigenvalue weighted by Gasteiger charge is -2.31. The number of thiazole rings is 1. The van der Waals surface area contributed by atoms with Crippen molar-refractivity contribution in [1.82, 2.24) is 19.6 Å². The number of aromatic nitrogens is 2. The third-order valence-electron chi connectivity index (χ3n) is 4.62. The van der Waals surface area contributed by atoms with Crippen LogP contribution in [0.25, 0.3) is 4.96 Å². The van der Waals surface area contributed by atoms with E-state index in [9.17, 15) is 0 Å². The van der Waals surface area contributed by atoms with Crippen LogP contribution in [0.15, 0.2) is 6.20 Å². The van der Waals surface area contributed by atoms with Crippen molar-refractivity contribution in [3.63, 3.8) is 0 Å². The molecule has 0 aliphatic carbocycles. The summed E-state index contributed by atoms with van der Waals surface area (Å²) in [5.74, 6) is 0.834. The fraction of sp³-hybridized carbons (Fsp3) is 0.688. The smallest absolute Gasteiger partial charge is 0.194 e. The van der Waals surface area contributed by atoms with Crippen molar-refractivity contribution in [2.75, 3.05) is 26.2 Å². The molecule has 2 aromatic heterocycles. The Morgan fingerprint density at radius 3 is 2.81 bits per heavy atom. The van der Waals surface area contributed by atoms with Crippen LogP contribution < -0.4 is 5.32 Å². The van der Waals surface area contributed by atoms with E-state index < -0.39 is 0 Å². The molecule has 0 amide bonds. The first-order chi connectivity index (χ1) is 10.2. The van der Waals surface area contributed by atoms with E-state index in [2.05, 4.69) is 46.6 Å². The number of piperidine rings is 1. The van der Waals surface area contributed by atoms with Crippen molar-refractivity contribution in [3.05, 3.63) is 22.5 Å². The fourth-order valence-electron chi connectivity index (χ4n) is 3.22. The Bertz CT molecular complexity index is 593. The number of hydrogen-bond donors (Lipinski definition) is 1. The lowest BCUT2D eigenvalue weighted by Crippen LogP contribution is -2.37. The Hall–Kier alpha value is -0.910. The molecule has 0 unspecified atom stereocenters. The van der Waals surface area contributed by atoms with Crippen LogP contribution in [-0.2, 0) is 6.54 Å². The minimum absolute atomic E-state index is 0.834. The van der Waals surface area contributed by atoms with Gasteiger partial charge < -0.3 is 10.2 Å². The summed E-state index contributed by atoms with van der Waals surface area (Å²) in [6.07, 6.45) is 4.87. The molecule has 2 aromatic rings. The van der Waals surface area contributed by atoms with E-state index in [1.807, 2.05) is 0 Å². The minimum Gasteiger partial charge on any atom is -0.311 e. The van der Waals surface area contributed by atoms with Gasteiger partial charge in [-0.3, -0.25) is 4.40 Å². The maximum Gasteiger partial charge on any atom is 0.194 e. The molecule has 3 heterocycles. The predicted octanol–water partition coefficient (Wildman–Crippen LogP) is 2.83. The molecule has 4 nitrogen and oxygen atoms in total. The first-order valence-corrected chi connectivity index (χ1v) is 8.86. The van der Waals surface area contributed by atoms with Crippen molar-refractivity contribution >= 4 is 16.3 Å². The Balaban J connectivity index is 1.54. The molecule has 1 aliphatic rings. The highest BCUT2D eigenvalue weighted by Crippen LogP contribution is 2.21. The number of imidazole rings is 1. The van der Waals surface area contributed by atoms with E-state index in [1.54, 1.807) is 11.3 Å². The third-order valence-corrected chi connectivity index (χ3v) is 5.52. The van der Waals surface area contributed by atoms with Crippen molar-refractivity contribution in [3.8, 4) is 0 Å². The second kappa shape index (κ2) is 6.46. The molecular weight excluding hydrogens is 280 g/mol. The van der Waals surface area contributed by atoms with Crippen molar-refractivity contribution in [2.24, 2.45) is 5.92 Å². The van der Waals surface area contributed by atoms with Gasteiger partial charge in [0, 0.05) is 17.6 Å². The van der Waals surface area contributed by atoms with Gasteiger partial charge in [0.25, 0.3) is 0 Å². The average molecular weight is 306 g/mol. The molecule has 0 spiro atoms. The Morgan fingerprint density at radius 2 is 2.10 bits per heavy atom. The number of fused-ring (bicyclic) bond motifs is 1. The normalized spacial score (nSPS) is 17.9. The van der Waals surface area contributed by atoms with Crippen LogP contribution in [0.1, 0.15) is 36.0 Å². The van der Waals surface area contributed by atoms with Crippen LogP contribution in [0.5, 0.6) is 0 Å². The summed E-state index contributed by atoms with van der Waals surface area (Å²) < 4.78 is 2.25. The van der Waals surface area contributed by atoms with E-state index in [0.717, 1.165) is 29.7 Å². The Kier molecular flexibility index (Phi) is 4.62. The van der Waals surface area contributed by atoms with E-state index in [-0.39, 0.29) is 0 Å². The maximum absolute atomic E-state index is 4.66. The van der Waals surface area contributed by atoms with Crippen LogP contribution in [0.3, 0.4) is 0 Å². The van der Waals surface area contributed by atoms with Gasteiger partial charge in [-0.25, -0.2) is 4.98 Å². The van der Waals surface area contributed by atoms with Gasteiger partial charge in [0.2, 0.25) is 0 Å². The summed E-state index contributed by atoms with van der Waals surface area (Å²) in [6.45, 7) is 12.3. The Labute approximate surface area is 131 Å². The monoisotopic (exact) mass is 306 g/mol. The molecule has 1 N–H and O–H groups in total. The molecule has 0 saturated carbocycles. The number of nitrogens with one attached hydrogen (secondary N) is 1. The summed E-state index contributed by atoms with van der Waals surface area (Å²) in [6, 6.07) is 0. The number of rotatable bonds is 5. The topological polar surface area (TPSA) is 32.6 Å². The first kappa shape index (κ1) is 15.0. The van der Waals surface area contributed by atoms with Crippen LogP contribution in [0.2, 0.25) is 0 Å². The summed E-state index contributed by atoms with van der Waals surface area (Å²) in [7, 11) is 0. The summed E-state index contributed by atoms with van der Waals surface area (Å²) >= 11 is 1.77. The molecule has 3 rings (SSSR count). The van der Waals surface area contributed by atoms with Crippen LogP contribution in [0, 0.1) is 19.8 Å². The summed E-state index contributed by atoms with van der Waals surface area (Å²) in [5.41, 5.74) is 2.48. The number of aryl methyl sites for hydroxylation is 2. The largest absolute Gasteiger partial charge is 0.311 e. The molecule has 0 radical (unpaired) electrons. The molecular formula is C16H26N4S. The summed E-state index contributed by atoms with van der Waals surface area (Å²) in [5, 5.41) is 3.66. The number of likely N-dealkylation sites (tertiary alicyclic amines) is 1. The molecule has 0 aromatic carbocycles. The van der Waals surface area contributed by atoms with Crippen LogP contribution >= 0.6 is 11.3 Å². The van der Waals surface area contributed by atoms with E-state index in [4.69, 9.17) is 0 Å². The van der Waals surface area contributed by atoms with Crippen molar-refractivity contribution < 1.29 is 0 Å². The highest BCUT2D eigenvalue weighted by atomic mass is 32.1. The maximum atomic E-state index is 4.66. The Morgan fingerprint density at radius 1 is 1.33 bits per heavy atom. The zero-order valence-corrected chi connectivity index (χ0v) is 14.2. The molecule has 116 valence electrons. The lowest BCUT2D eigenvalue weighted by atomic mass is 9.97. The number of nitrogens with zero attached hydrogens (tertiary/aromatic N) is 3. The lowest BCUT2D eigenvalue weighted by molar-refractivity contribution is 0.190. The molecule has 0 bridgehead atoms. The van der Waals surface area contributed by atoms with Gasteiger partial charge in [-0.2, -0.15) is 0 Å². The van der Waals surface area contributed by atoms with E-state index >= 15 is 0 Å². The van der Waals surface area contributed by atoms with Crippen LogP contribution in [-0.4, -0.2) is 40.5 Å². The zero-order valence-electron chi connectivity index (χ0n) is 13.4. The van der Waals surface area contributed by atoms with Gasteiger partial charge in [-0.05, 0) is 58.8 Å². The second-order valence-corrected chi connectivity index (χ2v) is 7.36.